The molecule has 0 aliphatic rings. The zero-order valence-electron chi connectivity index (χ0n) is 10.6. The zero-order chi connectivity index (χ0) is 13.5. The lowest BCUT2D eigenvalue weighted by atomic mass is 10.2. The van der Waals surface area contributed by atoms with Gasteiger partial charge in [0.15, 0.2) is 0 Å². The first-order chi connectivity index (χ1) is 7.79. The summed E-state index contributed by atoms with van der Waals surface area (Å²) in [5.74, 6) is -0.242. The highest BCUT2D eigenvalue weighted by Gasteiger charge is 2.18. The van der Waals surface area contributed by atoms with Crippen molar-refractivity contribution in [1.29, 1.82) is 0 Å². The van der Waals surface area contributed by atoms with Crippen LogP contribution < -0.4 is 4.89 Å². The van der Waals surface area contributed by atoms with Crippen molar-refractivity contribution in [3.63, 3.8) is 0 Å². The number of hydrogen-bond acceptors (Lipinski definition) is 5. The number of methoxy groups -OCH3 is 1. The highest BCUT2D eigenvalue weighted by Crippen LogP contribution is 1.98. The molecule has 7 nitrogen and oxygen atoms in total. The molecule has 8 heteroatoms. The Morgan fingerprint density at radius 2 is 2.00 bits per heavy atom. The van der Waals surface area contributed by atoms with Gasteiger partial charge < -0.3 is 4.74 Å². The largest absolute Gasteiger partial charge is 0.469 e. The molecule has 0 fully saturated rings. The van der Waals surface area contributed by atoms with Crippen LogP contribution in [0.1, 0.15) is 20.3 Å². The van der Waals surface area contributed by atoms with Crippen LogP contribution in [0, 0.1) is 5.92 Å². The Morgan fingerprint density at radius 3 is 2.47 bits per heavy atom. The lowest BCUT2D eigenvalue weighted by Crippen LogP contribution is -2.39. The Kier molecular flexibility index (Phi) is 7.28. The van der Waals surface area contributed by atoms with Crippen LogP contribution >= 0.6 is 0 Å². The predicted octanol–water partition coefficient (Wildman–Crippen LogP) is -0.0967. The van der Waals surface area contributed by atoms with E-state index < -0.39 is 16.2 Å². The van der Waals surface area contributed by atoms with Crippen LogP contribution in [0.25, 0.3) is 0 Å². The minimum Gasteiger partial charge on any atom is -0.469 e. The number of nitrogens with one attached hydrogen (secondary N) is 1. The first-order valence-electron chi connectivity index (χ1n) is 5.21. The summed E-state index contributed by atoms with van der Waals surface area (Å²) in [5, 5.41) is 0. The molecule has 0 aromatic heterocycles. The molecule has 0 aliphatic heterocycles. The monoisotopic (exact) mass is 268 g/mol. The lowest BCUT2D eigenvalue weighted by molar-refractivity contribution is -0.140. The maximum Gasteiger partial charge on any atom is 0.306 e. The molecule has 0 unspecified atom stereocenters. The van der Waals surface area contributed by atoms with E-state index in [4.69, 9.17) is 4.84 Å². The van der Waals surface area contributed by atoms with Crippen LogP contribution in [0.3, 0.4) is 0 Å². The summed E-state index contributed by atoms with van der Waals surface area (Å²) in [4.78, 5) is 17.6. The van der Waals surface area contributed by atoms with Gasteiger partial charge in [0.25, 0.3) is 0 Å². The lowest BCUT2D eigenvalue weighted by Gasteiger charge is -2.17. The quantitative estimate of drug-likeness (QED) is 0.491. The van der Waals surface area contributed by atoms with Gasteiger partial charge >= 0.3 is 16.2 Å². The van der Waals surface area contributed by atoms with Crippen LogP contribution in [0.15, 0.2) is 0 Å². The van der Waals surface area contributed by atoms with E-state index in [0.29, 0.717) is 0 Å². The molecule has 0 aromatic carbocycles. The number of carbonyl (C=O) groups is 1. The number of rotatable bonds is 8. The fraction of sp³-hybridized carbons (Fsp3) is 0.889. The molecule has 0 rings (SSSR count). The molecule has 0 aliphatic carbocycles. The number of hydrogen-bond donors (Lipinski definition) is 1. The minimum atomic E-state index is -3.71. The second kappa shape index (κ2) is 7.59. The number of esters is 1. The second-order valence-electron chi connectivity index (χ2n) is 3.94. The maximum absolute atomic E-state index is 11.6. The summed E-state index contributed by atoms with van der Waals surface area (Å²) >= 11 is 0. The molecule has 102 valence electrons. The third kappa shape index (κ3) is 7.27. The van der Waals surface area contributed by atoms with Crippen LogP contribution in [-0.2, 0) is 24.6 Å². The van der Waals surface area contributed by atoms with Gasteiger partial charge in [-0.3, -0.25) is 9.63 Å². The van der Waals surface area contributed by atoms with Gasteiger partial charge in [0.1, 0.15) is 0 Å². The Hall–Kier alpha value is -0.700. The van der Waals surface area contributed by atoms with E-state index in [1.807, 2.05) is 18.7 Å². The van der Waals surface area contributed by atoms with Gasteiger partial charge in [0.2, 0.25) is 0 Å². The number of carbonyl (C=O) groups excluding carboxylic acids is 1. The van der Waals surface area contributed by atoms with Crippen LogP contribution in [0.2, 0.25) is 0 Å². The molecule has 0 bridgehead atoms. The maximum atomic E-state index is 11.6. The molecule has 0 saturated carbocycles. The summed E-state index contributed by atoms with van der Waals surface area (Å²) in [6.07, 6.45) is -0.00189. The first-order valence-corrected chi connectivity index (χ1v) is 6.65. The van der Waals surface area contributed by atoms with Crippen molar-refractivity contribution in [3.8, 4) is 0 Å². The fourth-order valence-corrected chi connectivity index (χ4v) is 1.49. The van der Waals surface area contributed by atoms with E-state index in [1.165, 1.54) is 14.2 Å². The molecule has 0 saturated heterocycles. The summed E-state index contributed by atoms with van der Waals surface area (Å²) < 4.78 is 28.5. The SMILES string of the molecule is COC(=O)CCN(C)S(=O)(=O)NOCC(C)C. The van der Waals surface area contributed by atoms with E-state index in [-0.39, 0.29) is 25.5 Å². The average molecular weight is 268 g/mol. The molecular weight excluding hydrogens is 248 g/mol. The second-order valence-corrected chi connectivity index (χ2v) is 5.68. The Bertz CT molecular complexity index is 328. The molecule has 0 spiro atoms. The summed E-state index contributed by atoms with van der Waals surface area (Å²) in [5.41, 5.74) is 0. The van der Waals surface area contributed by atoms with Crippen LogP contribution in [0.5, 0.6) is 0 Å². The van der Waals surface area contributed by atoms with E-state index in [0.717, 1.165) is 4.31 Å². The third-order valence-corrected chi connectivity index (χ3v) is 3.18. The minimum absolute atomic E-state index is 0.00189. The highest BCUT2D eigenvalue weighted by atomic mass is 32.2. The summed E-state index contributed by atoms with van der Waals surface area (Å²) in [6, 6.07) is 0. The first kappa shape index (κ1) is 16.3. The van der Waals surface area contributed by atoms with Gasteiger partial charge in [0.05, 0.1) is 20.1 Å². The standard InChI is InChI=1S/C9H20N2O5S/c1-8(2)7-16-10-17(13,14)11(3)6-5-9(12)15-4/h8,10H,5-7H2,1-4H3. The van der Waals surface area contributed by atoms with Crippen molar-refractivity contribution >= 4 is 16.2 Å². The van der Waals surface area contributed by atoms with Gasteiger partial charge in [-0.25, -0.2) is 0 Å². The van der Waals surface area contributed by atoms with Gasteiger partial charge in [-0.15, -0.1) is 0 Å². The molecular formula is C9H20N2O5S. The Labute approximate surface area is 102 Å². The smallest absolute Gasteiger partial charge is 0.306 e. The van der Waals surface area contributed by atoms with Crippen molar-refractivity contribution in [2.24, 2.45) is 5.92 Å². The van der Waals surface area contributed by atoms with Crippen molar-refractivity contribution in [1.82, 2.24) is 9.19 Å². The number of nitrogens with zero attached hydrogens (tertiary/aromatic N) is 1. The molecule has 1 N–H and O–H groups in total. The molecule has 0 radical (unpaired) electrons. The predicted molar refractivity (Wildman–Crippen MR) is 62.1 cm³/mol. The van der Waals surface area contributed by atoms with Crippen molar-refractivity contribution < 1.29 is 22.8 Å². The van der Waals surface area contributed by atoms with Gasteiger partial charge in [-0.2, -0.15) is 12.7 Å². The third-order valence-electron chi connectivity index (χ3n) is 1.85. The summed E-state index contributed by atoms with van der Waals surface area (Å²) in [7, 11) is -1.10. The molecule has 0 aromatic rings. The average Bonchev–Trinajstić information content (AvgIpc) is 2.24. The normalized spacial score (nSPS) is 12.1. The van der Waals surface area contributed by atoms with Gasteiger partial charge in [-0.1, -0.05) is 18.7 Å². The topological polar surface area (TPSA) is 84.9 Å². The zero-order valence-corrected chi connectivity index (χ0v) is 11.4. The van der Waals surface area contributed by atoms with Crippen molar-refractivity contribution in [2.45, 2.75) is 20.3 Å². The highest BCUT2D eigenvalue weighted by molar-refractivity contribution is 7.86. The van der Waals surface area contributed by atoms with E-state index >= 15 is 0 Å². The van der Waals surface area contributed by atoms with E-state index in [1.54, 1.807) is 0 Å². The molecule has 0 atom stereocenters. The molecule has 0 amide bonds. The Morgan fingerprint density at radius 1 is 1.41 bits per heavy atom. The van der Waals surface area contributed by atoms with E-state index in [2.05, 4.69) is 4.74 Å². The van der Waals surface area contributed by atoms with Crippen LogP contribution in [-0.4, -0.2) is 46.0 Å². The molecule has 0 heterocycles. The van der Waals surface area contributed by atoms with Gasteiger partial charge in [0, 0.05) is 13.6 Å². The van der Waals surface area contributed by atoms with Gasteiger partial charge in [-0.05, 0) is 5.92 Å². The summed E-state index contributed by atoms with van der Waals surface area (Å²) in [6.45, 7) is 4.11. The van der Waals surface area contributed by atoms with Crippen molar-refractivity contribution in [2.75, 3.05) is 27.3 Å². The van der Waals surface area contributed by atoms with E-state index in [9.17, 15) is 13.2 Å². The Balaban J connectivity index is 4.07. The molecule has 17 heavy (non-hydrogen) atoms. The van der Waals surface area contributed by atoms with Crippen molar-refractivity contribution in [3.05, 3.63) is 0 Å². The number of ether oxygens (including phenoxy) is 1. The van der Waals surface area contributed by atoms with Crippen LogP contribution in [0.4, 0.5) is 0 Å². The fourth-order valence-electron chi connectivity index (χ4n) is 0.810.